The van der Waals surface area contributed by atoms with Gasteiger partial charge in [-0.05, 0) is 53.2 Å². The first-order valence-electron chi connectivity index (χ1n) is 7.43. The van der Waals surface area contributed by atoms with E-state index in [9.17, 15) is 0 Å². The van der Waals surface area contributed by atoms with Crippen LogP contribution in [0.3, 0.4) is 0 Å². The smallest absolute Gasteiger partial charge is 0.119 e. The van der Waals surface area contributed by atoms with E-state index < -0.39 is 0 Å². The van der Waals surface area contributed by atoms with E-state index >= 15 is 0 Å². The van der Waals surface area contributed by atoms with Crippen LogP contribution in [-0.2, 0) is 12.8 Å². The van der Waals surface area contributed by atoms with E-state index in [4.69, 9.17) is 10.5 Å². The van der Waals surface area contributed by atoms with Gasteiger partial charge < -0.3 is 10.5 Å². The number of rotatable bonds is 4. The van der Waals surface area contributed by atoms with Crippen molar-refractivity contribution in [1.29, 1.82) is 0 Å². The Labute approximate surface area is 126 Å². The number of nitrogens with two attached hydrogens (primary N) is 1. The van der Waals surface area contributed by atoms with Gasteiger partial charge in [0.05, 0.1) is 7.11 Å². The van der Waals surface area contributed by atoms with E-state index in [0.29, 0.717) is 12.5 Å². The quantitative estimate of drug-likeness (QED) is 0.930. The zero-order valence-electron chi connectivity index (χ0n) is 12.4. The Morgan fingerprint density at radius 1 is 1.19 bits per heavy atom. The van der Waals surface area contributed by atoms with Crippen molar-refractivity contribution in [3.8, 4) is 5.75 Å². The second kappa shape index (κ2) is 6.15. The van der Waals surface area contributed by atoms with Crippen LogP contribution >= 0.6 is 0 Å². The topological polar surface area (TPSA) is 35.2 Å². The molecule has 0 bridgehead atoms. The third-order valence-corrected chi connectivity index (χ3v) is 4.20. The summed E-state index contributed by atoms with van der Waals surface area (Å²) >= 11 is 0. The average Bonchev–Trinajstić information content (AvgIpc) is 2.85. The van der Waals surface area contributed by atoms with Crippen molar-refractivity contribution >= 4 is 5.57 Å². The third kappa shape index (κ3) is 2.86. The predicted octanol–water partition coefficient (Wildman–Crippen LogP) is 3.45. The largest absolute Gasteiger partial charge is 0.497 e. The van der Waals surface area contributed by atoms with E-state index in [-0.39, 0.29) is 0 Å². The molecule has 0 unspecified atom stereocenters. The summed E-state index contributed by atoms with van der Waals surface area (Å²) in [5.41, 5.74) is 11.2. The van der Waals surface area contributed by atoms with Crippen LogP contribution in [0.4, 0.5) is 0 Å². The highest BCUT2D eigenvalue weighted by molar-refractivity contribution is 5.76. The van der Waals surface area contributed by atoms with E-state index in [2.05, 4.69) is 48.5 Å². The van der Waals surface area contributed by atoms with Gasteiger partial charge in [0.1, 0.15) is 5.75 Å². The molecule has 0 saturated carbocycles. The van der Waals surface area contributed by atoms with Crippen molar-refractivity contribution in [2.45, 2.75) is 12.8 Å². The lowest BCUT2D eigenvalue weighted by Crippen LogP contribution is -2.05. The fourth-order valence-electron chi connectivity index (χ4n) is 3.21. The van der Waals surface area contributed by atoms with Crippen molar-refractivity contribution in [2.75, 3.05) is 13.7 Å². The highest BCUT2D eigenvalue weighted by atomic mass is 16.5. The summed E-state index contributed by atoms with van der Waals surface area (Å²) in [7, 11) is 1.71. The van der Waals surface area contributed by atoms with Crippen LogP contribution < -0.4 is 10.5 Å². The van der Waals surface area contributed by atoms with Gasteiger partial charge in [0.15, 0.2) is 0 Å². The Bertz CT molecular complexity index is 646. The summed E-state index contributed by atoms with van der Waals surface area (Å²) in [5, 5.41) is 0. The van der Waals surface area contributed by atoms with Crippen LogP contribution in [0.25, 0.3) is 5.57 Å². The van der Waals surface area contributed by atoms with Crippen LogP contribution in [0.2, 0.25) is 0 Å². The minimum atomic E-state index is 0.512. The molecule has 0 heterocycles. The first-order valence-corrected chi connectivity index (χ1v) is 7.43. The van der Waals surface area contributed by atoms with Crippen LogP contribution in [0.5, 0.6) is 5.75 Å². The lowest BCUT2D eigenvalue weighted by molar-refractivity contribution is 0.414. The summed E-state index contributed by atoms with van der Waals surface area (Å²) in [4.78, 5) is 0. The van der Waals surface area contributed by atoms with Gasteiger partial charge in [-0.15, -0.1) is 0 Å². The zero-order chi connectivity index (χ0) is 14.7. The number of fused-ring (bicyclic) bond motifs is 1. The van der Waals surface area contributed by atoms with Gasteiger partial charge in [0.2, 0.25) is 0 Å². The first kappa shape index (κ1) is 13.9. The predicted molar refractivity (Wildman–Crippen MR) is 87.4 cm³/mol. The van der Waals surface area contributed by atoms with E-state index in [1.807, 2.05) is 6.07 Å². The molecule has 0 aromatic heterocycles. The standard InChI is InChI=1S/C19H21NO/c1-21-17-8-7-15-12-16(11-14-5-3-2-4-6-14)18(9-10-20)19(15)13-17/h2-9,13,16H,10-12,20H2,1H3/b18-9+/t16-/m0/s1. The monoisotopic (exact) mass is 279 g/mol. The molecular formula is C19H21NO. The van der Waals surface area contributed by atoms with Crippen LogP contribution in [0.15, 0.2) is 54.6 Å². The second-order valence-corrected chi connectivity index (χ2v) is 5.51. The Kier molecular flexibility index (Phi) is 4.07. The number of hydrogen-bond donors (Lipinski definition) is 1. The molecule has 0 fully saturated rings. The molecule has 1 atom stereocenters. The molecule has 3 rings (SSSR count). The van der Waals surface area contributed by atoms with Crippen molar-refractivity contribution in [1.82, 2.24) is 0 Å². The molecule has 0 radical (unpaired) electrons. The molecule has 2 N–H and O–H groups in total. The molecule has 21 heavy (non-hydrogen) atoms. The van der Waals surface area contributed by atoms with E-state index in [1.54, 1.807) is 7.11 Å². The van der Waals surface area contributed by atoms with Crippen molar-refractivity contribution < 1.29 is 4.74 Å². The molecule has 0 amide bonds. The minimum absolute atomic E-state index is 0.512. The lowest BCUT2D eigenvalue weighted by Gasteiger charge is -2.13. The molecule has 2 aromatic rings. The molecule has 2 nitrogen and oxygen atoms in total. The zero-order valence-corrected chi connectivity index (χ0v) is 12.4. The molecule has 0 spiro atoms. The summed E-state index contributed by atoms with van der Waals surface area (Å²) in [6, 6.07) is 17.0. The van der Waals surface area contributed by atoms with Gasteiger partial charge in [0.25, 0.3) is 0 Å². The number of allylic oxidation sites excluding steroid dienone is 1. The molecule has 1 aliphatic rings. The van der Waals surface area contributed by atoms with Gasteiger partial charge in [-0.3, -0.25) is 0 Å². The maximum atomic E-state index is 5.78. The van der Waals surface area contributed by atoms with Crippen molar-refractivity contribution in [3.63, 3.8) is 0 Å². The van der Waals surface area contributed by atoms with Crippen LogP contribution in [0.1, 0.15) is 16.7 Å². The van der Waals surface area contributed by atoms with Gasteiger partial charge in [-0.25, -0.2) is 0 Å². The van der Waals surface area contributed by atoms with Crippen LogP contribution in [-0.4, -0.2) is 13.7 Å². The Morgan fingerprint density at radius 2 is 2.00 bits per heavy atom. The average molecular weight is 279 g/mol. The molecule has 2 heteroatoms. The number of benzene rings is 2. The molecule has 2 aromatic carbocycles. The summed E-state index contributed by atoms with van der Waals surface area (Å²) in [6.45, 7) is 0.581. The fourth-order valence-corrected chi connectivity index (χ4v) is 3.21. The number of ether oxygens (including phenoxy) is 1. The molecule has 0 aliphatic heterocycles. The maximum absolute atomic E-state index is 5.78. The fraction of sp³-hybridized carbons (Fsp3) is 0.263. The second-order valence-electron chi connectivity index (χ2n) is 5.51. The lowest BCUT2D eigenvalue weighted by atomic mass is 9.92. The Morgan fingerprint density at radius 3 is 2.71 bits per heavy atom. The Balaban J connectivity index is 1.92. The molecule has 1 aliphatic carbocycles. The normalized spacial score (nSPS) is 18.8. The first-order chi connectivity index (χ1) is 10.3. The SMILES string of the molecule is COc1ccc2c(c1)/C(=C/CN)[C@@H](Cc1ccccc1)C2. The summed E-state index contributed by atoms with van der Waals surface area (Å²) in [5.74, 6) is 1.43. The van der Waals surface area contributed by atoms with Gasteiger partial charge in [0, 0.05) is 6.54 Å². The number of hydrogen-bond acceptors (Lipinski definition) is 2. The van der Waals surface area contributed by atoms with Gasteiger partial charge in [-0.1, -0.05) is 42.5 Å². The molecule has 108 valence electrons. The van der Waals surface area contributed by atoms with E-state index in [0.717, 1.165) is 18.6 Å². The van der Waals surface area contributed by atoms with Gasteiger partial charge >= 0.3 is 0 Å². The van der Waals surface area contributed by atoms with E-state index in [1.165, 1.54) is 22.3 Å². The molecular weight excluding hydrogens is 258 g/mol. The minimum Gasteiger partial charge on any atom is -0.497 e. The summed E-state index contributed by atoms with van der Waals surface area (Å²) in [6.07, 6.45) is 4.31. The highest BCUT2D eigenvalue weighted by Crippen LogP contribution is 2.40. The summed E-state index contributed by atoms with van der Waals surface area (Å²) < 4.78 is 5.36. The number of methoxy groups -OCH3 is 1. The van der Waals surface area contributed by atoms with Crippen molar-refractivity contribution in [2.24, 2.45) is 11.7 Å². The van der Waals surface area contributed by atoms with Crippen LogP contribution in [0, 0.1) is 5.92 Å². The maximum Gasteiger partial charge on any atom is 0.119 e. The van der Waals surface area contributed by atoms with Crippen molar-refractivity contribution in [3.05, 3.63) is 71.3 Å². The Hall–Kier alpha value is -2.06. The van der Waals surface area contributed by atoms with Gasteiger partial charge in [-0.2, -0.15) is 0 Å². The highest BCUT2D eigenvalue weighted by Gasteiger charge is 2.27. The molecule has 0 saturated heterocycles. The third-order valence-electron chi connectivity index (χ3n) is 4.20.